The molecule has 19 nitrogen and oxygen atoms in total. The van der Waals surface area contributed by atoms with Gasteiger partial charge in [-0.3, -0.25) is 15.0 Å². The number of anilines is 9. The lowest BCUT2D eigenvalue weighted by Crippen LogP contribution is -2.28. The third-order valence-corrected chi connectivity index (χ3v) is 19.0. The molecule has 1 unspecified atom stereocenters. The molecule has 12 aromatic rings. The number of likely N-dealkylation sites (N-methyl/N-ethyl adjacent to an activating group) is 3. The van der Waals surface area contributed by atoms with E-state index in [-0.39, 0.29) is 21.5 Å². The van der Waals surface area contributed by atoms with Gasteiger partial charge in [0, 0.05) is 96.1 Å². The van der Waals surface area contributed by atoms with Gasteiger partial charge in [-0.1, -0.05) is 53.0 Å². The quantitative estimate of drug-likeness (QED) is 0.0242. The van der Waals surface area contributed by atoms with Crippen molar-refractivity contribution >= 4 is 125 Å². The average molecular weight is 1420 g/mol. The summed E-state index contributed by atoms with van der Waals surface area (Å²) in [6.45, 7) is 4.06. The Balaban J connectivity index is 1.12. The van der Waals surface area contributed by atoms with Crippen molar-refractivity contribution in [3.05, 3.63) is 214 Å². The highest BCUT2D eigenvalue weighted by molar-refractivity contribution is 6.33. The Morgan fingerprint density at radius 1 is 0.416 bits per heavy atom. The van der Waals surface area contributed by atoms with Crippen molar-refractivity contribution in [2.45, 2.75) is 17.3 Å². The molecule has 1 saturated carbocycles. The lowest BCUT2D eigenvalue weighted by Gasteiger charge is -2.30. The minimum atomic E-state index is -1.69. The number of phenolic OH excluding ortho intramolecular Hbond substituents is 3. The van der Waals surface area contributed by atoms with Crippen molar-refractivity contribution in [1.82, 2.24) is 44.6 Å². The number of carbonyl (C=O) groups excluding carboxylic acids is 1. The summed E-state index contributed by atoms with van der Waals surface area (Å²) >= 11 is 19.5. The van der Waals surface area contributed by atoms with Crippen LogP contribution in [0.4, 0.5) is 64.7 Å². The summed E-state index contributed by atoms with van der Waals surface area (Å²) in [6, 6.07) is 35.3. The lowest BCUT2D eigenvalue weighted by molar-refractivity contribution is -0.110. The second kappa shape index (κ2) is 28.6. The fraction of sp³-hybridized carbons (Fsp3) is 0.197. The molecule has 6 aromatic heterocycles. The third-order valence-electron chi connectivity index (χ3n) is 18.1. The Labute approximate surface area is 595 Å². The number of nitrogens with one attached hydrogen (secondary N) is 6. The predicted molar refractivity (Wildman–Crippen MR) is 398 cm³/mol. The molecule has 1 aliphatic rings. The molecule has 514 valence electrons. The van der Waals surface area contributed by atoms with Crippen molar-refractivity contribution < 1.29 is 33.3 Å². The largest absolute Gasteiger partial charge is 0.504 e. The van der Waals surface area contributed by atoms with Gasteiger partial charge in [0.2, 0.25) is 0 Å². The molecular formula is C76H69Cl3F3N15O4. The van der Waals surface area contributed by atoms with Gasteiger partial charge in [-0.05, 0) is 191 Å². The van der Waals surface area contributed by atoms with Gasteiger partial charge in [-0.15, -0.1) is 0 Å². The van der Waals surface area contributed by atoms with Crippen LogP contribution >= 0.6 is 34.8 Å². The Kier molecular flexibility index (Phi) is 19.5. The molecule has 1 fully saturated rings. The number of carbonyl (C=O) groups is 1. The van der Waals surface area contributed by atoms with E-state index >= 15 is 18.0 Å². The molecule has 0 radical (unpaired) electrons. The predicted octanol–water partition coefficient (Wildman–Crippen LogP) is 16.0. The van der Waals surface area contributed by atoms with Crippen LogP contribution in [0.15, 0.2) is 165 Å². The molecule has 13 rings (SSSR count). The van der Waals surface area contributed by atoms with Gasteiger partial charge in [0.15, 0.2) is 34.7 Å². The van der Waals surface area contributed by atoms with Crippen LogP contribution in [-0.4, -0.2) is 148 Å². The van der Waals surface area contributed by atoms with Crippen molar-refractivity contribution in [3.8, 4) is 50.6 Å². The summed E-state index contributed by atoms with van der Waals surface area (Å²) in [5.74, 6) is -3.07. The van der Waals surface area contributed by atoms with Crippen molar-refractivity contribution in [3.63, 3.8) is 0 Å². The zero-order chi connectivity index (χ0) is 71.0. The van der Waals surface area contributed by atoms with Crippen LogP contribution in [-0.2, 0) is 15.6 Å². The summed E-state index contributed by atoms with van der Waals surface area (Å²) in [4.78, 5) is 52.1. The first-order chi connectivity index (χ1) is 48.6. The van der Waals surface area contributed by atoms with E-state index in [9.17, 15) is 15.3 Å². The van der Waals surface area contributed by atoms with Crippen LogP contribution in [0, 0.1) is 17.5 Å². The molecule has 9 N–H and O–H groups in total. The normalized spacial score (nSPS) is 14.1. The SMILES string of the molecule is CN(C)CCNc1ccc(Nc2c(C3(C=O)CC3(c3cnc4ccc(-c5cc(F)c(O)c(Cl)c5)cc4c3Nc3ccc(NCCN(C)C)nc3)c3cnc4ccc(-c5cc(F)c(O)c(Cl)c5)cc4c3Nc3ccc(NCCN(C)C)nc3)cnc3ccc(-c4cc(F)c(O)c(Cl)c4)cc23)cn1. The van der Waals surface area contributed by atoms with Gasteiger partial charge < -0.3 is 66.7 Å². The fourth-order valence-electron chi connectivity index (χ4n) is 12.8. The van der Waals surface area contributed by atoms with Crippen LogP contribution in [0.2, 0.25) is 15.1 Å². The van der Waals surface area contributed by atoms with E-state index in [2.05, 4.69) is 46.6 Å². The number of fused-ring (bicyclic) bond motifs is 3. The molecule has 0 saturated heterocycles. The van der Waals surface area contributed by atoms with E-state index in [1.165, 1.54) is 36.4 Å². The van der Waals surface area contributed by atoms with Crippen LogP contribution in [0.5, 0.6) is 17.2 Å². The average Bonchev–Trinajstić information content (AvgIpc) is 1.49. The molecular weight excluding hydrogens is 1350 g/mol. The molecule has 6 aromatic carbocycles. The number of hydrogen-bond donors (Lipinski definition) is 9. The first-order valence-electron chi connectivity index (χ1n) is 32.3. The third kappa shape index (κ3) is 13.9. The van der Waals surface area contributed by atoms with E-state index in [0.717, 1.165) is 25.9 Å². The van der Waals surface area contributed by atoms with Crippen molar-refractivity contribution in [2.24, 2.45) is 0 Å². The van der Waals surface area contributed by atoms with Crippen LogP contribution in [0.25, 0.3) is 66.1 Å². The number of halogens is 6. The van der Waals surface area contributed by atoms with Crippen LogP contribution in [0.3, 0.4) is 0 Å². The number of phenols is 3. The Morgan fingerprint density at radius 3 is 1.02 bits per heavy atom. The number of benzene rings is 6. The zero-order valence-electron chi connectivity index (χ0n) is 55.7. The monoisotopic (exact) mass is 1420 g/mol. The highest BCUT2D eigenvalue weighted by Gasteiger charge is 2.73. The molecule has 1 aliphatic carbocycles. The number of hydrogen-bond acceptors (Lipinski definition) is 19. The van der Waals surface area contributed by atoms with Gasteiger partial charge in [0.25, 0.3) is 0 Å². The van der Waals surface area contributed by atoms with Crippen molar-refractivity contribution in [2.75, 3.05) is 113 Å². The number of pyridine rings is 6. The lowest BCUT2D eigenvalue weighted by atomic mass is 9.76. The Morgan fingerprint density at radius 2 is 0.733 bits per heavy atom. The highest BCUT2D eigenvalue weighted by atomic mass is 35.5. The second-order valence-electron chi connectivity index (χ2n) is 25.7. The smallest absolute Gasteiger partial charge is 0.170 e. The molecule has 25 heteroatoms. The summed E-state index contributed by atoms with van der Waals surface area (Å²) in [5, 5.41) is 53.9. The number of aromatic hydroxyl groups is 3. The first kappa shape index (κ1) is 68.9. The van der Waals surface area contributed by atoms with Gasteiger partial charge in [-0.2, -0.15) is 0 Å². The number of rotatable bonds is 25. The number of aldehydes is 1. The molecule has 0 amide bonds. The van der Waals surface area contributed by atoms with E-state index in [1.807, 2.05) is 96.9 Å². The van der Waals surface area contributed by atoms with Gasteiger partial charge in [0.05, 0.1) is 89.7 Å². The standard InChI is InChI=1S/C76H69Cl3F3N15O4/c1-95(2)22-19-83-66-16-10-48(34-89-66)92-69-51-25-42(45-28-57(77)72(99)60(80)31-45)7-13-63(51)86-37-54(69)75(41-98)40-76(75,55-38-87-64-14-8-43(46-29-58(78)73(100)61(81)32-46)26-52(64)70(55)93-49-11-17-67(90-35-49)84-20-23-96(3)4)56-39-88-65-15-9-44(47-30-59(79)74(101)62(82)33-47)27-53(65)71(56)94-50-12-18-68(91-36-50)85-21-24-97(5)6/h7-18,25-39,41,99-101H,19-24,40H2,1-6H3,(H,83,89)(H,84,90)(H,85,91)(H,86,92)(H,87,93)(H,88,94). The number of nitrogens with zero attached hydrogens (tertiary/aromatic N) is 9. The number of aromatic nitrogens is 6. The topological polar surface area (TPSA) is 237 Å². The summed E-state index contributed by atoms with van der Waals surface area (Å²) in [5.41, 5.74) is 4.89. The zero-order valence-corrected chi connectivity index (χ0v) is 57.9. The van der Waals surface area contributed by atoms with Crippen LogP contribution in [0.1, 0.15) is 23.1 Å². The first-order valence-corrected chi connectivity index (χ1v) is 33.4. The Hall–Kier alpha value is -10.6. The highest BCUT2D eigenvalue weighted by Crippen LogP contribution is 2.72. The maximum atomic E-state index is 15.8. The molecule has 0 bridgehead atoms. The fourth-order valence-corrected chi connectivity index (χ4v) is 13.4. The second-order valence-corrected chi connectivity index (χ2v) is 27.0. The molecule has 0 spiro atoms. The molecule has 0 aliphatic heterocycles. The minimum Gasteiger partial charge on any atom is -0.504 e. The van der Waals surface area contributed by atoms with E-state index in [4.69, 9.17) is 64.7 Å². The van der Waals surface area contributed by atoms with Crippen molar-refractivity contribution in [1.29, 1.82) is 0 Å². The molecule has 6 heterocycles. The molecule has 1 atom stereocenters. The van der Waals surface area contributed by atoms with Gasteiger partial charge >= 0.3 is 0 Å². The van der Waals surface area contributed by atoms with E-state index in [0.29, 0.717) is 154 Å². The summed E-state index contributed by atoms with van der Waals surface area (Å²) in [6.07, 6.45) is 11.1. The van der Waals surface area contributed by atoms with Gasteiger partial charge in [0.1, 0.15) is 23.7 Å². The minimum absolute atomic E-state index is 0.00252. The molecule has 101 heavy (non-hydrogen) atoms. The maximum absolute atomic E-state index is 15.8. The Bertz CT molecular complexity index is 4880. The van der Waals surface area contributed by atoms with Crippen LogP contribution < -0.4 is 31.9 Å². The summed E-state index contributed by atoms with van der Waals surface area (Å²) < 4.78 is 46.8. The maximum Gasteiger partial charge on any atom is 0.170 e. The van der Waals surface area contributed by atoms with E-state index in [1.54, 1.807) is 73.6 Å². The van der Waals surface area contributed by atoms with E-state index < -0.39 is 45.5 Å². The summed E-state index contributed by atoms with van der Waals surface area (Å²) in [7, 11) is 11.9. The van der Waals surface area contributed by atoms with Gasteiger partial charge in [-0.25, -0.2) is 28.1 Å².